The third-order valence-corrected chi connectivity index (χ3v) is 7.35. The first-order valence-corrected chi connectivity index (χ1v) is 13.0. The normalized spacial score (nSPS) is 17.2. The molecular weight excluding hydrogens is 505 g/mol. The van der Waals surface area contributed by atoms with Crippen LogP contribution >= 0.6 is 11.6 Å². The Morgan fingerprint density at radius 1 is 1.13 bits per heavy atom. The maximum Gasteiger partial charge on any atom is 0.243 e. The number of nitrogens with zero attached hydrogens (tertiary/aromatic N) is 1. The second kappa shape index (κ2) is 11.0. The van der Waals surface area contributed by atoms with E-state index >= 15 is 0 Å². The molecule has 0 aliphatic carbocycles. The predicted molar refractivity (Wildman–Crippen MR) is 146 cm³/mol. The van der Waals surface area contributed by atoms with Crippen LogP contribution < -0.4 is 11.1 Å². The average molecular weight is 534 g/mol. The molecule has 0 spiro atoms. The summed E-state index contributed by atoms with van der Waals surface area (Å²) in [5, 5.41) is 3.69. The summed E-state index contributed by atoms with van der Waals surface area (Å²) >= 11 is 5.86. The van der Waals surface area contributed by atoms with Crippen molar-refractivity contribution in [2.75, 3.05) is 6.54 Å². The number of amides is 2. The smallest absolute Gasteiger partial charge is 0.243 e. The van der Waals surface area contributed by atoms with Crippen molar-refractivity contribution < 1.29 is 18.4 Å². The minimum Gasteiger partial charge on any atom is -0.464 e. The Balaban J connectivity index is 1.35. The summed E-state index contributed by atoms with van der Waals surface area (Å²) in [5.41, 5.74) is 10.6. The number of benzene rings is 3. The van der Waals surface area contributed by atoms with Crippen LogP contribution in [0.2, 0.25) is 5.02 Å². The van der Waals surface area contributed by atoms with Crippen LogP contribution in [0, 0.1) is 11.7 Å². The molecule has 3 N–H and O–H groups in total. The minimum atomic E-state index is -0.613. The molecule has 0 saturated carbocycles. The van der Waals surface area contributed by atoms with E-state index in [0.29, 0.717) is 25.1 Å². The van der Waals surface area contributed by atoms with E-state index in [2.05, 4.69) is 5.32 Å². The molecule has 8 heteroatoms. The average Bonchev–Trinajstić information content (AvgIpc) is 3.55. The fraction of sp³-hybridized carbons (Fsp3) is 0.267. The number of nitrogens with two attached hydrogens (primary N) is 1. The van der Waals surface area contributed by atoms with Crippen LogP contribution in [-0.4, -0.2) is 29.3 Å². The standard InChI is InChI=1S/C30H29ClFN3O3/c1-18-10-26(30(37)34-16-23-6-3-7-25(31)28(23)32)35(17-18)27(36)14-20-12-22-8-9-38-29(22)24(13-20)21-5-2-4-19(11-21)15-33/h2-9,11-13,18,26H,10,14-17,33H2,1H3,(H,34,37)/t18-,26+/m1/s1. The highest BCUT2D eigenvalue weighted by molar-refractivity contribution is 6.30. The Labute approximate surface area is 225 Å². The van der Waals surface area contributed by atoms with Gasteiger partial charge in [0.1, 0.15) is 17.4 Å². The lowest BCUT2D eigenvalue weighted by Crippen LogP contribution is -2.46. The molecule has 1 aliphatic heterocycles. The zero-order valence-corrected chi connectivity index (χ0v) is 21.8. The van der Waals surface area contributed by atoms with Gasteiger partial charge in [0.2, 0.25) is 11.8 Å². The molecule has 0 radical (unpaired) electrons. The van der Waals surface area contributed by atoms with E-state index in [1.807, 2.05) is 49.4 Å². The van der Waals surface area contributed by atoms with Crippen molar-refractivity contribution in [3.8, 4) is 11.1 Å². The number of carbonyl (C=O) groups is 2. The number of carbonyl (C=O) groups excluding carboxylic acids is 2. The number of fused-ring (bicyclic) bond motifs is 1. The molecule has 1 aliphatic rings. The second-order valence-electron chi connectivity index (χ2n) is 9.90. The van der Waals surface area contributed by atoms with Gasteiger partial charge >= 0.3 is 0 Å². The number of halogens is 2. The summed E-state index contributed by atoms with van der Waals surface area (Å²) in [6.45, 7) is 2.93. The third kappa shape index (κ3) is 5.30. The monoisotopic (exact) mass is 533 g/mol. The largest absolute Gasteiger partial charge is 0.464 e. The van der Waals surface area contributed by atoms with E-state index < -0.39 is 11.9 Å². The topological polar surface area (TPSA) is 88.6 Å². The quantitative estimate of drug-likeness (QED) is 0.331. The van der Waals surface area contributed by atoms with Gasteiger partial charge in [-0.15, -0.1) is 0 Å². The molecule has 2 amide bonds. The van der Waals surface area contributed by atoms with Crippen LogP contribution in [0.15, 0.2) is 71.3 Å². The fourth-order valence-electron chi connectivity index (χ4n) is 5.16. The summed E-state index contributed by atoms with van der Waals surface area (Å²) in [6, 6.07) is 17.8. The van der Waals surface area contributed by atoms with E-state index in [4.69, 9.17) is 21.8 Å². The van der Waals surface area contributed by atoms with Crippen molar-refractivity contribution in [1.29, 1.82) is 0 Å². The summed E-state index contributed by atoms with van der Waals surface area (Å²) in [4.78, 5) is 28.2. The molecule has 2 heterocycles. The first kappa shape index (κ1) is 25.9. The Morgan fingerprint density at radius 3 is 2.76 bits per heavy atom. The molecule has 38 heavy (non-hydrogen) atoms. The second-order valence-corrected chi connectivity index (χ2v) is 10.3. The lowest BCUT2D eigenvalue weighted by atomic mass is 9.97. The van der Waals surface area contributed by atoms with Gasteiger partial charge in [0, 0.05) is 36.1 Å². The van der Waals surface area contributed by atoms with Crippen molar-refractivity contribution in [1.82, 2.24) is 10.2 Å². The maximum atomic E-state index is 14.3. The number of hydrogen-bond acceptors (Lipinski definition) is 4. The molecule has 3 aromatic carbocycles. The Hall–Kier alpha value is -3.68. The Kier molecular flexibility index (Phi) is 7.49. The van der Waals surface area contributed by atoms with Crippen molar-refractivity contribution >= 4 is 34.4 Å². The zero-order valence-electron chi connectivity index (χ0n) is 21.0. The summed E-state index contributed by atoms with van der Waals surface area (Å²) in [6.07, 6.45) is 2.33. The molecule has 0 unspecified atom stereocenters. The highest BCUT2D eigenvalue weighted by Crippen LogP contribution is 2.32. The molecule has 2 atom stereocenters. The molecule has 5 rings (SSSR count). The highest BCUT2D eigenvalue weighted by Gasteiger charge is 2.37. The van der Waals surface area contributed by atoms with Gasteiger partial charge in [0.05, 0.1) is 17.7 Å². The lowest BCUT2D eigenvalue weighted by Gasteiger charge is -2.24. The van der Waals surface area contributed by atoms with Gasteiger partial charge in [-0.05, 0) is 59.4 Å². The van der Waals surface area contributed by atoms with Gasteiger partial charge in [-0.2, -0.15) is 0 Å². The Bertz CT molecular complexity index is 1500. The van der Waals surface area contributed by atoms with Gasteiger partial charge in [-0.25, -0.2) is 4.39 Å². The molecular formula is C30H29ClFN3O3. The van der Waals surface area contributed by atoms with Crippen LogP contribution in [0.4, 0.5) is 4.39 Å². The van der Waals surface area contributed by atoms with Crippen molar-refractivity contribution in [2.24, 2.45) is 11.7 Å². The molecule has 4 aromatic rings. The first-order valence-electron chi connectivity index (χ1n) is 12.6. The van der Waals surface area contributed by atoms with Crippen molar-refractivity contribution in [3.63, 3.8) is 0 Å². The number of hydrogen-bond donors (Lipinski definition) is 2. The Morgan fingerprint density at radius 2 is 1.95 bits per heavy atom. The van der Waals surface area contributed by atoms with Crippen LogP contribution in [0.25, 0.3) is 22.1 Å². The molecule has 196 valence electrons. The number of nitrogens with one attached hydrogen (secondary N) is 1. The van der Waals surface area contributed by atoms with E-state index in [-0.39, 0.29) is 35.7 Å². The summed E-state index contributed by atoms with van der Waals surface area (Å²) < 4.78 is 20.0. The van der Waals surface area contributed by atoms with E-state index in [1.54, 1.807) is 23.3 Å². The first-order chi connectivity index (χ1) is 18.3. The SMILES string of the molecule is C[C@@H]1C[C@@H](C(=O)NCc2cccc(Cl)c2F)N(C(=O)Cc2cc(-c3cccc(CN)c3)c3occc3c2)C1. The van der Waals surface area contributed by atoms with Crippen LogP contribution in [0.1, 0.15) is 30.0 Å². The molecule has 0 bridgehead atoms. The minimum absolute atomic E-state index is 0.000515. The third-order valence-electron chi connectivity index (χ3n) is 7.06. The highest BCUT2D eigenvalue weighted by atomic mass is 35.5. The van der Waals surface area contributed by atoms with Gasteiger partial charge in [-0.1, -0.05) is 48.9 Å². The van der Waals surface area contributed by atoms with Crippen molar-refractivity contribution in [3.05, 3.63) is 94.5 Å². The molecule has 6 nitrogen and oxygen atoms in total. The van der Waals surface area contributed by atoms with Gasteiger partial charge in [0.25, 0.3) is 0 Å². The van der Waals surface area contributed by atoms with Crippen LogP contribution in [0.3, 0.4) is 0 Å². The lowest BCUT2D eigenvalue weighted by molar-refractivity contribution is -0.138. The summed E-state index contributed by atoms with van der Waals surface area (Å²) in [5.74, 6) is -0.812. The molecule has 1 saturated heterocycles. The number of furan rings is 1. The maximum absolute atomic E-state index is 14.3. The zero-order chi connectivity index (χ0) is 26.8. The van der Waals surface area contributed by atoms with E-state index in [1.165, 1.54) is 6.07 Å². The molecule has 1 fully saturated rings. The van der Waals surface area contributed by atoms with E-state index in [0.717, 1.165) is 33.2 Å². The number of rotatable bonds is 7. The van der Waals surface area contributed by atoms with Crippen LogP contribution in [-0.2, 0) is 29.1 Å². The number of likely N-dealkylation sites (tertiary alicyclic amines) is 1. The van der Waals surface area contributed by atoms with Gasteiger partial charge < -0.3 is 20.4 Å². The predicted octanol–water partition coefficient (Wildman–Crippen LogP) is 5.45. The van der Waals surface area contributed by atoms with Gasteiger partial charge in [-0.3, -0.25) is 9.59 Å². The fourth-order valence-corrected chi connectivity index (χ4v) is 5.35. The van der Waals surface area contributed by atoms with Crippen LogP contribution in [0.5, 0.6) is 0 Å². The molecule has 1 aromatic heterocycles. The summed E-state index contributed by atoms with van der Waals surface area (Å²) in [7, 11) is 0. The van der Waals surface area contributed by atoms with E-state index in [9.17, 15) is 14.0 Å². The van der Waals surface area contributed by atoms with Gasteiger partial charge in [0.15, 0.2) is 0 Å². The van der Waals surface area contributed by atoms with Crippen molar-refractivity contribution in [2.45, 2.75) is 38.9 Å².